The Morgan fingerprint density at radius 2 is 1.33 bits per heavy atom. The average Bonchev–Trinajstić information content (AvgIpc) is 2.18. The highest BCUT2D eigenvalue weighted by molar-refractivity contribution is 5.91. The summed E-state index contributed by atoms with van der Waals surface area (Å²) in [4.78, 5) is 21.9. The molecule has 0 spiro atoms. The third-order valence-corrected chi connectivity index (χ3v) is 1.25. The van der Waals surface area contributed by atoms with Crippen molar-refractivity contribution >= 4 is 11.9 Å². The molecule has 80 valence electrons. The van der Waals surface area contributed by atoms with E-state index in [1.807, 2.05) is 0 Å². The Balaban J connectivity index is 3.68. The molecule has 0 aromatic rings. The average molecular weight is 208 g/mol. The molecule has 0 aromatic carbocycles. The van der Waals surface area contributed by atoms with Crippen LogP contribution in [0.1, 0.15) is 20.3 Å². The number of rotatable bonds is 4. The Hall–Kier alpha value is -1.94. The second-order valence-corrected chi connectivity index (χ2v) is 2.35. The predicted molar refractivity (Wildman–Crippen MR) is 53.4 cm³/mol. The Labute approximate surface area is 88.9 Å². The van der Waals surface area contributed by atoms with E-state index in [9.17, 15) is 9.59 Å². The van der Waals surface area contributed by atoms with Gasteiger partial charge in [0, 0.05) is 0 Å². The van der Waals surface area contributed by atoms with E-state index < -0.39 is 18.4 Å². The molecular formula is C11H12O4. The first kappa shape index (κ1) is 13.1. The maximum absolute atomic E-state index is 10.9. The van der Waals surface area contributed by atoms with Gasteiger partial charge in [-0.05, 0) is 13.8 Å². The normalized spacial score (nSPS) is 7.60. The van der Waals surface area contributed by atoms with Crippen LogP contribution in [-0.4, -0.2) is 25.2 Å². The molecule has 0 unspecified atom stereocenters. The summed E-state index contributed by atoms with van der Waals surface area (Å²) in [6.45, 7) is 3.26. The summed E-state index contributed by atoms with van der Waals surface area (Å²) in [5.41, 5.74) is 0. The van der Waals surface area contributed by atoms with Crippen LogP contribution in [0.2, 0.25) is 0 Å². The van der Waals surface area contributed by atoms with E-state index >= 15 is 0 Å². The van der Waals surface area contributed by atoms with E-state index in [2.05, 4.69) is 33.2 Å². The lowest BCUT2D eigenvalue weighted by Gasteiger charge is -2.00. The smallest absolute Gasteiger partial charge is 0.318 e. The molecule has 0 amide bonds. The largest absolute Gasteiger partial charge is 0.452 e. The minimum atomic E-state index is -0.646. The van der Waals surface area contributed by atoms with Gasteiger partial charge in [-0.1, -0.05) is 11.8 Å². The van der Waals surface area contributed by atoms with Crippen molar-refractivity contribution in [3.63, 3.8) is 0 Å². The van der Waals surface area contributed by atoms with Gasteiger partial charge in [0.2, 0.25) is 0 Å². The number of esters is 2. The molecule has 0 aliphatic rings. The van der Waals surface area contributed by atoms with Crippen LogP contribution >= 0.6 is 0 Å². The van der Waals surface area contributed by atoms with Crippen molar-refractivity contribution < 1.29 is 19.1 Å². The van der Waals surface area contributed by atoms with Gasteiger partial charge in [0.25, 0.3) is 0 Å². The lowest BCUT2D eigenvalue weighted by atomic mass is 10.4. The van der Waals surface area contributed by atoms with E-state index in [1.54, 1.807) is 13.8 Å². The molecule has 15 heavy (non-hydrogen) atoms. The van der Waals surface area contributed by atoms with Crippen molar-refractivity contribution in [2.75, 3.05) is 13.2 Å². The molecule has 0 radical (unpaired) electrons. The summed E-state index contributed by atoms with van der Waals surface area (Å²) in [7, 11) is 0. The molecule has 0 fully saturated rings. The lowest BCUT2D eigenvalue weighted by Crippen LogP contribution is -2.14. The fourth-order valence-corrected chi connectivity index (χ4v) is 0.597. The Kier molecular flexibility index (Phi) is 7.53. The molecule has 0 aliphatic carbocycles. The summed E-state index contributed by atoms with van der Waals surface area (Å²) >= 11 is 0. The van der Waals surface area contributed by atoms with Crippen molar-refractivity contribution in [2.45, 2.75) is 20.3 Å². The number of hydrogen-bond donors (Lipinski definition) is 0. The van der Waals surface area contributed by atoms with E-state index in [0.717, 1.165) is 0 Å². The number of carbonyl (C=O) groups is 2. The SMILES string of the molecule is CC#CCOC(=O)CC(=O)OCC#CC. The van der Waals surface area contributed by atoms with Crippen molar-refractivity contribution in [3.8, 4) is 23.7 Å². The van der Waals surface area contributed by atoms with Crippen LogP contribution in [0.3, 0.4) is 0 Å². The quantitative estimate of drug-likeness (QED) is 0.384. The maximum atomic E-state index is 10.9. The van der Waals surface area contributed by atoms with Crippen molar-refractivity contribution in [3.05, 3.63) is 0 Å². The molecule has 0 aliphatic heterocycles. The molecule has 4 heteroatoms. The van der Waals surface area contributed by atoms with Gasteiger partial charge in [-0.2, -0.15) is 0 Å². The Morgan fingerprint density at radius 1 is 0.933 bits per heavy atom. The first-order valence-corrected chi connectivity index (χ1v) is 4.31. The molecule has 0 N–H and O–H groups in total. The summed E-state index contributed by atoms with van der Waals surface area (Å²) < 4.78 is 9.22. The Morgan fingerprint density at radius 3 is 1.67 bits per heavy atom. The second-order valence-electron chi connectivity index (χ2n) is 2.35. The second kappa shape index (κ2) is 8.65. The zero-order valence-corrected chi connectivity index (χ0v) is 8.75. The number of carbonyl (C=O) groups excluding carboxylic acids is 2. The van der Waals surface area contributed by atoms with Crippen LogP contribution in [0.4, 0.5) is 0 Å². The molecule has 0 bridgehead atoms. The van der Waals surface area contributed by atoms with E-state index in [-0.39, 0.29) is 13.2 Å². The monoisotopic (exact) mass is 208 g/mol. The molecule has 0 heterocycles. The summed E-state index contributed by atoms with van der Waals surface area (Å²) in [5, 5.41) is 0. The van der Waals surface area contributed by atoms with Gasteiger partial charge in [-0.25, -0.2) is 0 Å². The van der Waals surface area contributed by atoms with E-state index in [0.29, 0.717) is 0 Å². The highest BCUT2D eigenvalue weighted by Crippen LogP contribution is 1.90. The van der Waals surface area contributed by atoms with Gasteiger partial charge in [0.15, 0.2) is 13.2 Å². The van der Waals surface area contributed by atoms with E-state index in [4.69, 9.17) is 0 Å². The van der Waals surface area contributed by atoms with Gasteiger partial charge < -0.3 is 9.47 Å². The lowest BCUT2D eigenvalue weighted by molar-refractivity contribution is -0.152. The van der Waals surface area contributed by atoms with Crippen LogP contribution in [0.5, 0.6) is 0 Å². The summed E-state index contributed by atoms with van der Waals surface area (Å²) in [5.74, 6) is 8.90. The van der Waals surface area contributed by atoms with Crippen LogP contribution in [0, 0.1) is 23.7 Å². The van der Waals surface area contributed by atoms with Gasteiger partial charge in [-0.3, -0.25) is 9.59 Å². The molecule has 0 saturated heterocycles. The fraction of sp³-hybridized carbons (Fsp3) is 0.455. The zero-order chi connectivity index (χ0) is 11.5. The minimum absolute atomic E-state index is 0.00260. The third-order valence-electron chi connectivity index (χ3n) is 1.25. The van der Waals surface area contributed by atoms with Gasteiger partial charge >= 0.3 is 11.9 Å². The van der Waals surface area contributed by atoms with Crippen LogP contribution in [0.25, 0.3) is 0 Å². The maximum Gasteiger partial charge on any atom is 0.318 e. The first-order chi connectivity index (χ1) is 7.20. The summed E-state index contributed by atoms with van der Waals surface area (Å²) in [6.07, 6.45) is -0.406. The molecule has 0 saturated carbocycles. The molecular weight excluding hydrogens is 196 g/mol. The van der Waals surface area contributed by atoms with Gasteiger partial charge in [-0.15, -0.1) is 11.8 Å². The number of hydrogen-bond acceptors (Lipinski definition) is 4. The molecule has 0 rings (SSSR count). The highest BCUT2D eigenvalue weighted by atomic mass is 16.6. The molecule has 0 atom stereocenters. The third kappa shape index (κ3) is 8.39. The van der Waals surface area contributed by atoms with E-state index in [1.165, 1.54) is 0 Å². The number of ether oxygens (including phenoxy) is 2. The van der Waals surface area contributed by atoms with Gasteiger partial charge in [0.05, 0.1) is 0 Å². The first-order valence-electron chi connectivity index (χ1n) is 4.31. The predicted octanol–water partition coefficient (Wildman–Crippen LogP) is 0.510. The van der Waals surface area contributed by atoms with Gasteiger partial charge in [0.1, 0.15) is 6.42 Å². The van der Waals surface area contributed by atoms with Crippen LogP contribution in [0.15, 0.2) is 0 Å². The van der Waals surface area contributed by atoms with Crippen molar-refractivity contribution in [2.24, 2.45) is 0 Å². The molecule has 0 aromatic heterocycles. The summed E-state index contributed by atoms with van der Waals surface area (Å²) in [6, 6.07) is 0. The van der Waals surface area contributed by atoms with Crippen LogP contribution < -0.4 is 0 Å². The standard InChI is InChI=1S/C11H12O4/c1-3-5-7-14-10(12)9-11(13)15-8-6-4-2/h7-9H2,1-2H3. The highest BCUT2D eigenvalue weighted by Gasteiger charge is 2.10. The van der Waals surface area contributed by atoms with Crippen molar-refractivity contribution in [1.29, 1.82) is 0 Å². The van der Waals surface area contributed by atoms with Crippen LogP contribution in [-0.2, 0) is 19.1 Å². The van der Waals surface area contributed by atoms with Crippen molar-refractivity contribution in [1.82, 2.24) is 0 Å². The fourth-order valence-electron chi connectivity index (χ4n) is 0.597. The Bertz CT molecular complexity index is 301. The zero-order valence-electron chi connectivity index (χ0n) is 8.75. The minimum Gasteiger partial charge on any atom is -0.452 e. The molecule has 4 nitrogen and oxygen atoms in total. The topological polar surface area (TPSA) is 52.6 Å².